The average molecular weight is 199 g/mol. The third-order valence-electron chi connectivity index (χ3n) is 3.01. The number of β-amino-alcohol motifs (C(OH)–C–C–N with tert-alkyl or cyclic N) is 1. The van der Waals surface area contributed by atoms with Crippen LogP contribution in [0.15, 0.2) is 0 Å². The number of likely N-dealkylation sites (tertiary alicyclic amines) is 1. The van der Waals surface area contributed by atoms with E-state index in [2.05, 4.69) is 25.7 Å². The minimum atomic E-state index is -0.341. The molecular formula is C12H25NO. The molecule has 1 fully saturated rings. The van der Waals surface area contributed by atoms with Gasteiger partial charge in [-0.25, -0.2) is 0 Å². The maximum Gasteiger partial charge on any atom is 0.0900 e. The van der Waals surface area contributed by atoms with Gasteiger partial charge >= 0.3 is 0 Å². The first kappa shape index (κ1) is 12.0. The molecule has 1 N–H and O–H groups in total. The van der Waals surface area contributed by atoms with Crippen LogP contribution in [0, 0.1) is 5.92 Å². The summed E-state index contributed by atoms with van der Waals surface area (Å²) in [5, 5.41) is 9.95. The van der Waals surface area contributed by atoms with Crippen molar-refractivity contribution in [2.24, 2.45) is 5.92 Å². The van der Waals surface area contributed by atoms with E-state index in [0.717, 1.165) is 31.8 Å². The molecule has 2 nitrogen and oxygen atoms in total. The van der Waals surface area contributed by atoms with Crippen LogP contribution in [0.4, 0.5) is 0 Å². The summed E-state index contributed by atoms with van der Waals surface area (Å²) < 4.78 is 0. The predicted molar refractivity (Wildman–Crippen MR) is 60.4 cm³/mol. The van der Waals surface area contributed by atoms with Gasteiger partial charge in [0.1, 0.15) is 0 Å². The first-order valence-electron chi connectivity index (χ1n) is 6.00. The summed E-state index contributed by atoms with van der Waals surface area (Å²) in [6.45, 7) is 9.65. The van der Waals surface area contributed by atoms with E-state index in [1.165, 1.54) is 19.4 Å². The van der Waals surface area contributed by atoms with Gasteiger partial charge in [0.2, 0.25) is 0 Å². The van der Waals surface area contributed by atoms with Crippen LogP contribution >= 0.6 is 0 Å². The van der Waals surface area contributed by atoms with E-state index in [4.69, 9.17) is 0 Å². The Kier molecular flexibility index (Phi) is 4.39. The minimum absolute atomic E-state index is 0.341. The Labute approximate surface area is 88.3 Å². The van der Waals surface area contributed by atoms with Crippen molar-refractivity contribution in [2.75, 3.05) is 19.6 Å². The third-order valence-corrected chi connectivity index (χ3v) is 3.01. The molecule has 0 amide bonds. The molecule has 0 aromatic heterocycles. The van der Waals surface area contributed by atoms with Gasteiger partial charge in [-0.15, -0.1) is 0 Å². The lowest BCUT2D eigenvalue weighted by Gasteiger charge is -2.46. The van der Waals surface area contributed by atoms with Crippen LogP contribution in [0.5, 0.6) is 0 Å². The van der Waals surface area contributed by atoms with Crippen molar-refractivity contribution in [2.45, 2.75) is 52.1 Å². The first-order valence-corrected chi connectivity index (χ1v) is 6.00. The monoisotopic (exact) mass is 199 g/mol. The van der Waals surface area contributed by atoms with Crippen LogP contribution in [0.3, 0.4) is 0 Å². The molecule has 1 aliphatic rings. The lowest BCUT2D eigenvalue weighted by Crippen LogP contribution is -2.61. The summed E-state index contributed by atoms with van der Waals surface area (Å²) in [4.78, 5) is 2.37. The fraction of sp³-hybridized carbons (Fsp3) is 1.00. The molecule has 2 heteroatoms. The summed E-state index contributed by atoms with van der Waals surface area (Å²) in [5.74, 6) is 0.811. The third kappa shape index (κ3) is 3.58. The van der Waals surface area contributed by atoms with Crippen molar-refractivity contribution in [3.8, 4) is 0 Å². The molecule has 1 aliphatic heterocycles. The van der Waals surface area contributed by atoms with E-state index in [-0.39, 0.29) is 5.60 Å². The molecule has 0 saturated carbocycles. The van der Waals surface area contributed by atoms with Gasteiger partial charge in [0.05, 0.1) is 5.60 Å². The van der Waals surface area contributed by atoms with Crippen molar-refractivity contribution in [1.29, 1.82) is 0 Å². The largest absolute Gasteiger partial charge is 0.387 e. The average Bonchev–Trinajstić information content (AvgIpc) is 2.01. The Bertz CT molecular complexity index is 162. The quantitative estimate of drug-likeness (QED) is 0.709. The molecule has 1 heterocycles. The number of aliphatic hydroxyl groups is 1. The molecule has 0 atom stereocenters. The van der Waals surface area contributed by atoms with Gasteiger partial charge < -0.3 is 5.11 Å². The Morgan fingerprint density at radius 2 is 2.00 bits per heavy atom. The number of hydrogen-bond acceptors (Lipinski definition) is 2. The fourth-order valence-electron chi connectivity index (χ4n) is 2.29. The number of rotatable bonds is 6. The fourth-order valence-corrected chi connectivity index (χ4v) is 2.29. The summed E-state index contributed by atoms with van der Waals surface area (Å²) in [7, 11) is 0. The summed E-state index contributed by atoms with van der Waals surface area (Å²) >= 11 is 0. The highest BCUT2D eigenvalue weighted by molar-refractivity contribution is 4.94. The van der Waals surface area contributed by atoms with Crippen molar-refractivity contribution in [3.63, 3.8) is 0 Å². The molecule has 84 valence electrons. The van der Waals surface area contributed by atoms with Crippen LogP contribution in [0.1, 0.15) is 46.5 Å². The summed E-state index contributed by atoms with van der Waals surface area (Å²) in [6, 6.07) is 0. The van der Waals surface area contributed by atoms with Crippen molar-refractivity contribution in [1.82, 2.24) is 4.90 Å². The molecule has 0 unspecified atom stereocenters. The van der Waals surface area contributed by atoms with Crippen LogP contribution < -0.4 is 0 Å². The van der Waals surface area contributed by atoms with E-state index >= 15 is 0 Å². The Morgan fingerprint density at radius 3 is 2.50 bits per heavy atom. The Hall–Kier alpha value is -0.0800. The van der Waals surface area contributed by atoms with Crippen molar-refractivity contribution in [3.05, 3.63) is 0 Å². The van der Waals surface area contributed by atoms with E-state index < -0.39 is 0 Å². The van der Waals surface area contributed by atoms with Gasteiger partial charge in [0.15, 0.2) is 0 Å². The molecule has 0 radical (unpaired) electrons. The molecule has 0 spiro atoms. The van der Waals surface area contributed by atoms with E-state index in [1.807, 2.05) is 0 Å². The molecule has 0 aliphatic carbocycles. The molecule has 0 bridgehead atoms. The molecular weight excluding hydrogens is 174 g/mol. The zero-order valence-electron chi connectivity index (χ0n) is 9.92. The highest BCUT2D eigenvalue weighted by Gasteiger charge is 2.39. The lowest BCUT2D eigenvalue weighted by atomic mass is 9.89. The Balaban J connectivity index is 2.04. The molecule has 1 rings (SSSR count). The van der Waals surface area contributed by atoms with E-state index in [9.17, 15) is 5.11 Å². The zero-order valence-corrected chi connectivity index (χ0v) is 9.92. The van der Waals surface area contributed by atoms with Crippen LogP contribution in [0.25, 0.3) is 0 Å². The summed E-state index contributed by atoms with van der Waals surface area (Å²) in [6.07, 6.45) is 4.65. The van der Waals surface area contributed by atoms with Crippen LogP contribution in [-0.4, -0.2) is 35.2 Å². The highest BCUT2D eigenvalue weighted by atomic mass is 16.3. The van der Waals surface area contributed by atoms with E-state index in [0.29, 0.717) is 0 Å². The van der Waals surface area contributed by atoms with Gasteiger partial charge in [0, 0.05) is 13.1 Å². The maximum atomic E-state index is 9.95. The topological polar surface area (TPSA) is 23.5 Å². The number of hydrogen-bond donors (Lipinski definition) is 1. The van der Waals surface area contributed by atoms with Crippen LogP contribution in [-0.2, 0) is 0 Å². The molecule has 14 heavy (non-hydrogen) atoms. The summed E-state index contributed by atoms with van der Waals surface area (Å²) in [5.41, 5.74) is -0.341. The second-order valence-corrected chi connectivity index (χ2v) is 5.22. The minimum Gasteiger partial charge on any atom is -0.387 e. The standard InChI is InChI=1S/C12H25NO/c1-4-7-12(14)9-13(10-12)8-5-6-11(2)3/h11,14H,4-10H2,1-3H3. The van der Waals surface area contributed by atoms with Gasteiger partial charge in [-0.05, 0) is 31.7 Å². The lowest BCUT2D eigenvalue weighted by molar-refractivity contribution is -0.103. The Morgan fingerprint density at radius 1 is 1.36 bits per heavy atom. The second-order valence-electron chi connectivity index (χ2n) is 5.22. The molecule has 1 saturated heterocycles. The first-order chi connectivity index (χ1) is 6.56. The van der Waals surface area contributed by atoms with Crippen molar-refractivity contribution >= 4 is 0 Å². The van der Waals surface area contributed by atoms with Gasteiger partial charge in [0.25, 0.3) is 0 Å². The van der Waals surface area contributed by atoms with E-state index in [1.54, 1.807) is 0 Å². The van der Waals surface area contributed by atoms with Crippen LogP contribution in [0.2, 0.25) is 0 Å². The smallest absolute Gasteiger partial charge is 0.0900 e. The zero-order chi connectivity index (χ0) is 10.6. The van der Waals surface area contributed by atoms with Crippen molar-refractivity contribution < 1.29 is 5.11 Å². The highest BCUT2D eigenvalue weighted by Crippen LogP contribution is 2.25. The predicted octanol–water partition coefficient (Wildman–Crippen LogP) is 2.27. The van der Waals surface area contributed by atoms with Gasteiger partial charge in [-0.1, -0.05) is 27.2 Å². The van der Waals surface area contributed by atoms with Gasteiger partial charge in [-0.2, -0.15) is 0 Å². The van der Waals surface area contributed by atoms with Gasteiger partial charge in [-0.3, -0.25) is 4.90 Å². The SMILES string of the molecule is CCCC1(O)CN(CCCC(C)C)C1. The second kappa shape index (κ2) is 5.13. The molecule has 0 aromatic rings. The number of nitrogens with zero attached hydrogens (tertiary/aromatic N) is 1. The molecule has 0 aromatic carbocycles. The maximum absolute atomic E-state index is 9.95. The normalized spacial score (nSPS) is 21.2.